The van der Waals surface area contributed by atoms with E-state index in [9.17, 15) is 0 Å². The van der Waals surface area contributed by atoms with Crippen LogP contribution >= 0.6 is 0 Å². The molecule has 25 heavy (non-hydrogen) atoms. The Kier molecular flexibility index (Phi) is 5.35. The molecule has 1 aliphatic carbocycles. The highest BCUT2D eigenvalue weighted by Crippen LogP contribution is 2.39. The summed E-state index contributed by atoms with van der Waals surface area (Å²) in [6.45, 7) is 14.1. The molecule has 1 aromatic heterocycles. The van der Waals surface area contributed by atoms with E-state index in [2.05, 4.69) is 67.5 Å². The number of aromatic nitrogens is 3. The topological polar surface area (TPSA) is 39.9 Å². The smallest absolute Gasteiger partial charge is 0.137 e. The van der Waals surface area contributed by atoms with Gasteiger partial charge in [-0.2, -0.15) is 0 Å². The lowest BCUT2D eigenvalue weighted by molar-refractivity contribution is -0.0830. The van der Waals surface area contributed by atoms with Gasteiger partial charge in [0.1, 0.15) is 19.4 Å². The Morgan fingerprint density at radius 2 is 1.88 bits per heavy atom. The number of fused-ring (bicyclic) bond motifs is 1. The standard InChI is InChI=1S/C20H33N3OSi/c1-14(2)16-12-11-15(3)13-19(16)24-20(25(4,5)6)23-18-10-8-7-9-17(18)21-22-23/h7-10,14-16,19-20H,11-13H2,1-6H3. The molecule has 0 amide bonds. The molecule has 5 heteroatoms. The maximum Gasteiger partial charge on any atom is 0.137 e. The highest BCUT2D eigenvalue weighted by molar-refractivity contribution is 6.76. The normalized spacial score (nSPS) is 26.3. The molecule has 1 aromatic carbocycles. The van der Waals surface area contributed by atoms with E-state index < -0.39 is 8.07 Å². The van der Waals surface area contributed by atoms with Gasteiger partial charge in [-0.25, -0.2) is 4.68 Å². The summed E-state index contributed by atoms with van der Waals surface area (Å²) in [7, 11) is -1.64. The zero-order valence-electron chi connectivity index (χ0n) is 16.6. The van der Waals surface area contributed by atoms with E-state index in [4.69, 9.17) is 4.74 Å². The van der Waals surface area contributed by atoms with E-state index in [1.54, 1.807) is 0 Å². The summed E-state index contributed by atoms with van der Waals surface area (Å²) in [5, 5.41) is 8.86. The van der Waals surface area contributed by atoms with Gasteiger partial charge in [-0.3, -0.25) is 0 Å². The van der Waals surface area contributed by atoms with Gasteiger partial charge in [0.15, 0.2) is 0 Å². The first-order valence-corrected chi connectivity index (χ1v) is 13.3. The molecule has 0 N–H and O–H groups in total. The molecule has 0 radical (unpaired) electrons. The third-order valence-corrected chi connectivity index (χ3v) is 7.47. The van der Waals surface area contributed by atoms with E-state index in [1.165, 1.54) is 12.8 Å². The number of benzene rings is 1. The molecule has 138 valence electrons. The van der Waals surface area contributed by atoms with E-state index in [0.717, 1.165) is 23.4 Å². The number of hydrogen-bond donors (Lipinski definition) is 0. The number of hydrogen-bond acceptors (Lipinski definition) is 3. The quantitative estimate of drug-likeness (QED) is 0.681. The van der Waals surface area contributed by atoms with Crippen molar-refractivity contribution in [3.8, 4) is 0 Å². The van der Waals surface area contributed by atoms with Crippen molar-refractivity contribution in [3.63, 3.8) is 0 Å². The minimum Gasteiger partial charge on any atom is -0.356 e. The average molecular weight is 360 g/mol. The van der Waals surface area contributed by atoms with Crippen molar-refractivity contribution in [2.45, 2.75) is 71.6 Å². The van der Waals surface area contributed by atoms with Crippen molar-refractivity contribution in [3.05, 3.63) is 24.3 Å². The minimum atomic E-state index is -1.64. The van der Waals surface area contributed by atoms with Crippen LogP contribution in [0.4, 0.5) is 0 Å². The molecule has 1 fully saturated rings. The van der Waals surface area contributed by atoms with E-state index in [1.807, 2.05) is 12.1 Å². The van der Waals surface area contributed by atoms with Gasteiger partial charge in [-0.05, 0) is 42.7 Å². The Labute approximate surface area is 153 Å². The van der Waals surface area contributed by atoms with Crippen molar-refractivity contribution < 1.29 is 4.74 Å². The molecular weight excluding hydrogens is 326 g/mol. The third kappa shape index (κ3) is 3.98. The lowest BCUT2D eigenvalue weighted by Gasteiger charge is -2.41. The number of nitrogens with zero attached hydrogens (tertiary/aromatic N) is 3. The molecule has 4 nitrogen and oxygen atoms in total. The summed E-state index contributed by atoms with van der Waals surface area (Å²) in [5.41, 5.74) is 2.03. The van der Waals surface area contributed by atoms with Crippen LogP contribution in [0.2, 0.25) is 19.6 Å². The molecule has 4 unspecified atom stereocenters. The Balaban J connectivity index is 1.94. The molecule has 0 spiro atoms. The van der Waals surface area contributed by atoms with Crippen LogP contribution in [0.1, 0.15) is 45.9 Å². The summed E-state index contributed by atoms with van der Waals surface area (Å²) in [6.07, 6.45) is 4.09. The SMILES string of the molecule is CC1CCC(C(C)C)C(OC(n2nnc3ccccc32)[Si](C)(C)C)C1. The highest BCUT2D eigenvalue weighted by atomic mass is 28.3. The first-order valence-electron chi connectivity index (χ1n) is 9.72. The molecule has 0 aliphatic heterocycles. The van der Waals surface area contributed by atoms with Crippen molar-refractivity contribution in [1.29, 1.82) is 0 Å². The Morgan fingerprint density at radius 1 is 1.16 bits per heavy atom. The Bertz CT molecular complexity index is 706. The second kappa shape index (κ2) is 7.20. The third-order valence-electron chi connectivity index (χ3n) is 5.61. The van der Waals surface area contributed by atoms with Gasteiger partial charge >= 0.3 is 0 Å². The fraction of sp³-hybridized carbons (Fsp3) is 0.700. The van der Waals surface area contributed by atoms with Gasteiger partial charge < -0.3 is 4.74 Å². The molecule has 1 heterocycles. The number of para-hydroxylation sites is 1. The molecule has 0 bridgehead atoms. The van der Waals surface area contributed by atoms with Crippen LogP contribution in [-0.2, 0) is 4.74 Å². The van der Waals surface area contributed by atoms with Crippen LogP contribution in [0.25, 0.3) is 11.0 Å². The molecule has 1 saturated carbocycles. The molecular formula is C20H33N3OSi. The van der Waals surface area contributed by atoms with Gasteiger partial charge in [0.25, 0.3) is 0 Å². The number of ether oxygens (including phenoxy) is 1. The Hall–Kier alpha value is -1.20. The molecule has 0 saturated heterocycles. The predicted octanol–water partition coefficient (Wildman–Crippen LogP) is 5.28. The van der Waals surface area contributed by atoms with Gasteiger partial charge in [0, 0.05) is 0 Å². The van der Waals surface area contributed by atoms with Crippen LogP contribution in [0.5, 0.6) is 0 Å². The van der Waals surface area contributed by atoms with Gasteiger partial charge in [0.2, 0.25) is 0 Å². The lowest BCUT2D eigenvalue weighted by atomic mass is 9.75. The monoisotopic (exact) mass is 359 g/mol. The van der Waals surface area contributed by atoms with Crippen LogP contribution in [-0.4, -0.2) is 29.2 Å². The first kappa shape index (κ1) is 18.6. The second-order valence-corrected chi connectivity index (χ2v) is 14.5. The van der Waals surface area contributed by atoms with Crippen molar-refractivity contribution in [2.75, 3.05) is 0 Å². The predicted molar refractivity (Wildman–Crippen MR) is 106 cm³/mol. The highest BCUT2D eigenvalue weighted by Gasteiger charge is 2.38. The second-order valence-electron chi connectivity index (χ2n) is 9.24. The zero-order chi connectivity index (χ0) is 18.2. The van der Waals surface area contributed by atoms with Gasteiger partial charge in [-0.1, -0.05) is 64.2 Å². The van der Waals surface area contributed by atoms with Crippen molar-refractivity contribution in [2.24, 2.45) is 17.8 Å². The van der Waals surface area contributed by atoms with Crippen LogP contribution < -0.4 is 0 Å². The minimum absolute atomic E-state index is 0.0245. The lowest BCUT2D eigenvalue weighted by Crippen LogP contribution is -2.44. The molecule has 3 rings (SSSR count). The molecule has 1 aliphatic rings. The van der Waals surface area contributed by atoms with Crippen molar-refractivity contribution in [1.82, 2.24) is 15.0 Å². The maximum atomic E-state index is 6.87. The molecule has 2 aromatic rings. The van der Waals surface area contributed by atoms with Crippen molar-refractivity contribution >= 4 is 19.1 Å². The maximum absolute atomic E-state index is 6.87. The fourth-order valence-corrected chi connectivity index (χ4v) is 5.63. The average Bonchev–Trinajstić information content (AvgIpc) is 2.95. The largest absolute Gasteiger partial charge is 0.356 e. The summed E-state index contributed by atoms with van der Waals surface area (Å²) >= 11 is 0. The van der Waals surface area contributed by atoms with Gasteiger partial charge in [0.05, 0.1) is 11.6 Å². The van der Waals surface area contributed by atoms with Gasteiger partial charge in [-0.15, -0.1) is 5.10 Å². The summed E-state index contributed by atoms with van der Waals surface area (Å²) in [5.74, 6) is 2.07. The zero-order valence-corrected chi connectivity index (χ0v) is 17.6. The van der Waals surface area contributed by atoms with Crippen LogP contribution in [0, 0.1) is 17.8 Å². The van der Waals surface area contributed by atoms with E-state index >= 15 is 0 Å². The number of rotatable bonds is 5. The van der Waals surface area contributed by atoms with E-state index in [-0.39, 0.29) is 5.85 Å². The summed E-state index contributed by atoms with van der Waals surface area (Å²) < 4.78 is 8.93. The van der Waals surface area contributed by atoms with E-state index in [0.29, 0.717) is 17.9 Å². The fourth-order valence-electron chi connectivity index (χ4n) is 4.13. The Morgan fingerprint density at radius 3 is 2.56 bits per heavy atom. The van der Waals surface area contributed by atoms with Crippen LogP contribution in [0.15, 0.2) is 24.3 Å². The summed E-state index contributed by atoms with van der Waals surface area (Å²) in [4.78, 5) is 0. The molecule has 4 atom stereocenters. The van der Waals surface area contributed by atoms with Crippen LogP contribution in [0.3, 0.4) is 0 Å². The summed E-state index contributed by atoms with van der Waals surface area (Å²) in [6, 6.07) is 8.21. The first-order chi connectivity index (χ1) is 11.8.